The third-order valence-electron chi connectivity index (χ3n) is 5.83. The Labute approximate surface area is 157 Å². The summed E-state index contributed by atoms with van der Waals surface area (Å²) < 4.78 is 0. The molecule has 0 spiro atoms. The lowest BCUT2D eigenvalue weighted by Crippen LogP contribution is -2.18. The molecule has 0 aromatic heterocycles. The second-order valence-electron chi connectivity index (χ2n) is 9.13. The van der Waals surface area contributed by atoms with Crippen LogP contribution in [0.2, 0.25) is 0 Å². The summed E-state index contributed by atoms with van der Waals surface area (Å²) >= 11 is 0. The van der Waals surface area contributed by atoms with E-state index in [2.05, 4.69) is 45.9 Å². The lowest BCUT2D eigenvalue weighted by Gasteiger charge is -2.25. The predicted octanol–water partition coefficient (Wildman–Crippen LogP) is 5.95. The Hall–Kier alpha value is -2.09. The number of carboxylic acid groups (broad SMARTS) is 1. The van der Waals surface area contributed by atoms with Crippen LogP contribution >= 0.6 is 0 Å². The van der Waals surface area contributed by atoms with E-state index in [0.29, 0.717) is 0 Å². The lowest BCUT2D eigenvalue weighted by molar-refractivity contribution is -0.131. The van der Waals surface area contributed by atoms with Crippen LogP contribution in [0.4, 0.5) is 0 Å². The Bertz CT molecular complexity index is 832. The van der Waals surface area contributed by atoms with Gasteiger partial charge in [0.2, 0.25) is 0 Å². The zero-order chi connectivity index (χ0) is 19.1. The summed E-state index contributed by atoms with van der Waals surface area (Å²) in [6.45, 7) is 11.3. The van der Waals surface area contributed by atoms with Gasteiger partial charge in [0.15, 0.2) is 0 Å². The van der Waals surface area contributed by atoms with Crippen molar-refractivity contribution in [1.29, 1.82) is 0 Å². The molecule has 26 heavy (non-hydrogen) atoms. The number of benzene rings is 1. The maximum absolute atomic E-state index is 10.7. The molecule has 0 saturated heterocycles. The fourth-order valence-corrected chi connectivity index (χ4v) is 4.90. The first kappa shape index (κ1) is 18.7. The number of hydrogen-bond donors (Lipinski definition) is 1. The molecular weight excluding hydrogens is 320 g/mol. The van der Waals surface area contributed by atoms with Crippen molar-refractivity contribution in [2.45, 2.75) is 71.1 Å². The number of allylic oxidation sites excluding steroid dienone is 5. The Morgan fingerprint density at radius 3 is 2.38 bits per heavy atom. The molecule has 2 nitrogen and oxygen atoms in total. The minimum absolute atomic E-state index is 0.215. The van der Waals surface area contributed by atoms with E-state index in [1.807, 2.05) is 19.1 Å². The summed E-state index contributed by atoms with van der Waals surface area (Å²) in [5.41, 5.74) is 8.47. The van der Waals surface area contributed by atoms with E-state index >= 15 is 0 Å². The van der Waals surface area contributed by atoms with Gasteiger partial charge in [0, 0.05) is 6.08 Å². The van der Waals surface area contributed by atoms with Gasteiger partial charge in [-0.05, 0) is 76.8 Å². The Morgan fingerprint density at radius 2 is 1.73 bits per heavy atom. The van der Waals surface area contributed by atoms with Gasteiger partial charge in [0.1, 0.15) is 0 Å². The van der Waals surface area contributed by atoms with Crippen LogP contribution in [0, 0.1) is 0 Å². The molecule has 0 unspecified atom stereocenters. The van der Waals surface area contributed by atoms with Crippen LogP contribution < -0.4 is 0 Å². The highest BCUT2D eigenvalue weighted by atomic mass is 16.4. The van der Waals surface area contributed by atoms with E-state index in [-0.39, 0.29) is 10.8 Å². The molecule has 0 bridgehead atoms. The van der Waals surface area contributed by atoms with Crippen molar-refractivity contribution < 1.29 is 9.90 Å². The molecule has 1 aromatic rings. The molecule has 0 amide bonds. The molecule has 0 aliphatic heterocycles. The number of hydrogen-bond acceptors (Lipinski definition) is 1. The van der Waals surface area contributed by atoms with Gasteiger partial charge in [0.05, 0.1) is 0 Å². The SMILES string of the molecule is CC(/C=C/C=C1/CCCc2cc3c(cc21)C(C)(C)CC3(C)C)=C\C(=O)O. The van der Waals surface area contributed by atoms with E-state index < -0.39 is 5.97 Å². The summed E-state index contributed by atoms with van der Waals surface area (Å²) in [6, 6.07) is 4.91. The Balaban J connectivity index is 2.00. The van der Waals surface area contributed by atoms with Crippen molar-refractivity contribution in [1.82, 2.24) is 0 Å². The average molecular weight is 351 g/mol. The summed E-state index contributed by atoms with van der Waals surface area (Å²) in [4.78, 5) is 10.7. The molecule has 2 aliphatic carbocycles. The number of aliphatic carboxylic acids is 1. The average Bonchev–Trinajstić information content (AvgIpc) is 2.69. The third kappa shape index (κ3) is 3.56. The number of carboxylic acids is 1. The monoisotopic (exact) mass is 350 g/mol. The van der Waals surface area contributed by atoms with E-state index in [1.165, 1.54) is 46.7 Å². The molecule has 0 fully saturated rings. The molecule has 0 saturated carbocycles. The maximum atomic E-state index is 10.7. The van der Waals surface area contributed by atoms with Crippen molar-refractivity contribution in [3.05, 3.63) is 64.3 Å². The fourth-order valence-electron chi connectivity index (χ4n) is 4.90. The summed E-state index contributed by atoms with van der Waals surface area (Å²) in [5, 5.41) is 8.82. The summed E-state index contributed by atoms with van der Waals surface area (Å²) in [5.74, 6) is -0.900. The highest BCUT2D eigenvalue weighted by Gasteiger charge is 2.42. The highest BCUT2D eigenvalue weighted by molar-refractivity contribution is 5.81. The smallest absolute Gasteiger partial charge is 0.328 e. The van der Waals surface area contributed by atoms with E-state index in [0.717, 1.165) is 18.4 Å². The molecule has 138 valence electrons. The van der Waals surface area contributed by atoms with Gasteiger partial charge >= 0.3 is 5.97 Å². The van der Waals surface area contributed by atoms with Gasteiger partial charge < -0.3 is 5.11 Å². The number of carbonyl (C=O) groups is 1. The first-order valence-electron chi connectivity index (χ1n) is 9.57. The molecule has 0 radical (unpaired) electrons. The van der Waals surface area contributed by atoms with Crippen molar-refractivity contribution in [3.63, 3.8) is 0 Å². The summed E-state index contributed by atoms with van der Waals surface area (Å²) in [6.07, 6.45) is 11.9. The molecule has 0 heterocycles. The lowest BCUT2D eigenvalue weighted by atomic mass is 9.80. The molecule has 3 rings (SSSR count). The van der Waals surface area contributed by atoms with Crippen LogP contribution in [0.15, 0.2) is 42.0 Å². The quantitative estimate of drug-likeness (QED) is 0.540. The van der Waals surface area contributed by atoms with E-state index in [1.54, 1.807) is 0 Å². The molecule has 1 aromatic carbocycles. The first-order chi connectivity index (χ1) is 12.1. The van der Waals surface area contributed by atoms with Gasteiger partial charge in [-0.1, -0.05) is 58.1 Å². The number of fused-ring (bicyclic) bond motifs is 2. The Morgan fingerprint density at radius 1 is 1.08 bits per heavy atom. The van der Waals surface area contributed by atoms with Crippen LogP contribution in [-0.2, 0) is 22.0 Å². The molecular formula is C24H30O2. The first-order valence-corrected chi connectivity index (χ1v) is 9.57. The third-order valence-corrected chi connectivity index (χ3v) is 5.83. The van der Waals surface area contributed by atoms with Gasteiger partial charge in [-0.3, -0.25) is 0 Å². The highest BCUT2D eigenvalue weighted by Crippen LogP contribution is 2.51. The van der Waals surface area contributed by atoms with Crippen molar-refractivity contribution in [3.8, 4) is 0 Å². The van der Waals surface area contributed by atoms with E-state index in [9.17, 15) is 4.79 Å². The van der Waals surface area contributed by atoms with Crippen molar-refractivity contribution >= 4 is 11.5 Å². The zero-order valence-electron chi connectivity index (χ0n) is 16.6. The van der Waals surface area contributed by atoms with Crippen molar-refractivity contribution in [2.24, 2.45) is 0 Å². The minimum atomic E-state index is -0.900. The van der Waals surface area contributed by atoms with Crippen molar-refractivity contribution in [2.75, 3.05) is 0 Å². The number of rotatable bonds is 3. The van der Waals surface area contributed by atoms with Gasteiger partial charge in [-0.2, -0.15) is 0 Å². The maximum Gasteiger partial charge on any atom is 0.328 e. The largest absolute Gasteiger partial charge is 0.478 e. The minimum Gasteiger partial charge on any atom is -0.478 e. The topological polar surface area (TPSA) is 37.3 Å². The molecule has 1 N–H and O–H groups in total. The zero-order valence-corrected chi connectivity index (χ0v) is 16.6. The number of aryl methyl sites for hydroxylation is 1. The normalized spacial score (nSPS) is 22.5. The van der Waals surface area contributed by atoms with Crippen LogP contribution in [0.1, 0.15) is 76.1 Å². The predicted molar refractivity (Wildman–Crippen MR) is 109 cm³/mol. The molecule has 0 atom stereocenters. The molecule has 2 aliphatic rings. The van der Waals surface area contributed by atoms with Crippen LogP contribution in [0.3, 0.4) is 0 Å². The Kier molecular flexibility index (Phi) is 4.72. The second-order valence-corrected chi connectivity index (χ2v) is 9.13. The van der Waals surface area contributed by atoms with E-state index in [4.69, 9.17) is 5.11 Å². The van der Waals surface area contributed by atoms with Gasteiger partial charge in [0.25, 0.3) is 0 Å². The second kappa shape index (κ2) is 6.57. The van der Waals surface area contributed by atoms with Gasteiger partial charge in [-0.25, -0.2) is 4.79 Å². The van der Waals surface area contributed by atoms with Crippen LogP contribution in [-0.4, -0.2) is 11.1 Å². The molecule has 2 heteroatoms. The van der Waals surface area contributed by atoms with Crippen LogP contribution in [0.25, 0.3) is 5.57 Å². The standard InChI is InChI=1S/C24H30O2/c1-16(12-22(25)26)8-6-9-17-10-7-11-18-13-20-21(14-19(17)18)24(4,5)15-23(20,2)3/h6,8-9,12-14H,7,10-11,15H2,1-5H3,(H,25,26)/b8-6+,16-12+,17-9-. The summed E-state index contributed by atoms with van der Waals surface area (Å²) in [7, 11) is 0. The van der Waals surface area contributed by atoms with Gasteiger partial charge in [-0.15, -0.1) is 0 Å². The van der Waals surface area contributed by atoms with Crippen LogP contribution in [0.5, 0.6) is 0 Å². The fraction of sp³-hybridized carbons (Fsp3) is 0.458.